The number of sulfonamides is 1. The Bertz CT molecular complexity index is 950. The number of hydrogen-bond acceptors (Lipinski definition) is 3. The zero-order valence-electron chi connectivity index (χ0n) is 17.9. The van der Waals surface area contributed by atoms with Crippen LogP contribution in [0.25, 0.3) is 0 Å². The van der Waals surface area contributed by atoms with E-state index in [9.17, 15) is 13.2 Å². The highest BCUT2D eigenvalue weighted by molar-refractivity contribution is 7.88. The van der Waals surface area contributed by atoms with Crippen LogP contribution in [-0.4, -0.2) is 31.7 Å². The lowest BCUT2D eigenvalue weighted by Gasteiger charge is -2.30. The number of carbonyl (C=O) groups is 1. The number of piperidine rings is 1. The van der Waals surface area contributed by atoms with Gasteiger partial charge in [0.2, 0.25) is 15.9 Å². The topological polar surface area (TPSA) is 66.5 Å². The third-order valence-electron chi connectivity index (χ3n) is 5.92. The number of hydrogen-bond donors (Lipinski definition) is 1. The second kappa shape index (κ2) is 10.2. The summed E-state index contributed by atoms with van der Waals surface area (Å²) in [6, 6.07) is 15.7. The molecule has 162 valence electrons. The minimum Gasteiger partial charge on any atom is -0.352 e. The van der Waals surface area contributed by atoms with Crippen molar-refractivity contribution in [1.29, 1.82) is 0 Å². The molecule has 0 saturated carbocycles. The fraction of sp³-hybridized carbons (Fsp3) is 0.458. The molecular formula is C24H32N2O3S. The fourth-order valence-electron chi connectivity index (χ4n) is 4.01. The molecule has 0 spiro atoms. The summed E-state index contributed by atoms with van der Waals surface area (Å²) >= 11 is 0. The van der Waals surface area contributed by atoms with E-state index in [1.807, 2.05) is 30.3 Å². The molecule has 6 heteroatoms. The van der Waals surface area contributed by atoms with Gasteiger partial charge in [0.1, 0.15) is 0 Å². The minimum absolute atomic E-state index is 0.0122. The van der Waals surface area contributed by atoms with Crippen LogP contribution in [0.5, 0.6) is 0 Å². The van der Waals surface area contributed by atoms with E-state index in [2.05, 4.69) is 37.4 Å². The maximum absolute atomic E-state index is 12.7. The molecule has 1 N–H and O–H groups in total. The van der Waals surface area contributed by atoms with Crippen molar-refractivity contribution in [2.75, 3.05) is 13.1 Å². The van der Waals surface area contributed by atoms with Crippen molar-refractivity contribution in [1.82, 2.24) is 9.62 Å². The Labute approximate surface area is 180 Å². The summed E-state index contributed by atoms with van der Waals surface area (Å²) in [5, 5.41) is 3.08. The van der Waals surface area contributed by atoms with E-state index >= 15 is 0 Å². The van der Waals surface area contributed by atoms with Gasteiger partial charge in [-0.3, -0.25) is 4.79 Å². The molecule has 1 heterocycles. The Hall–Kier alpha value is -2.18. The summed E-state index contributed by atoms with van der Waals surface area (Å²) in [5.41, 5.74) is 4.49. The molecule has 30 heavy (non-hydrogen) atoms. The average Bonchev–Trinajstić information content (AvgIpc) is 2.77. The van der Waals surface area contributed by atoms with Crippen molar-refractivity contribution in [3.63, 3.8) is 0 Å². The standard InChI is InChI=1S/C24H32N2O3S/c1-3-19-10-11-21(4-2)23(16-19)17-25-24(27)22-12-14-26(15-13-22)30(28,29)18-20-8-6-5-7-9-20/h5-11,16,22H,3-4,12-15,17-18H2,1-2H3,(H,25,27). The summed E-state index contributed by atoms with van der Waals surface area (Å²) in [6.45, 7) is 5.58. The summed E-state index contributed by atoms with van der Waals surface area (Å²) < 4.78 is 26.9. The molecule has 5 nitrogen and oxygen atoms in total. The third kappa shape index (κ3) is 5.70. The SMILES string of the molecule is CCc1ccc(CC)c(CNC(=O)C2CCN(S(=O)(=O)Cc3ccccc3)CC2)c1. The normalized spacial score (nSPS) is 15.8. The van der Waals surface area contributed by atoms with Crippen LogP contribution in [0.2, 0.25) is 0 Å². The monoisotopic (exact) mass is 428 g/mol. The molecule has 0 aliphatic carbocycles. The van der Waals surface area contributed by atoms with E-state index in [1.165, 1.54) is 21.0 Å². The Morgan fingerprint density at radius 2 is 1.67 bits per heavy atom. The molecule has 1 amide bonds. The van der Waals surface area contributed by atoms with Gasteiger partial charge in [0.25, 0.3) is 0 Å². The first-order chi connectivity index (χ1) is 14.4. The van der Waals surface area contributed by atoms with Crippen LogP contribution < -0.4 is 5.32 Å². The smallest absolute Gasteiger partial charge is 0.223 e. The predicted octanol–water partition coefficient (Wildman–Crippen LogP) is 3.67. The molecule has 3 rings (SSSR count). The Kier molecular flexibility index (Phi) is 7.67. The van der Waals surface area contributed by atoms with E-state index in [0.717, 1.165) is 18.4 Å². The first-order valence-electron chi connectivity index (χ1n) is 10.8. The Morgan fingerprint density at radius 1 is 0.967 bits per heavy atom. The maximum Gasteiger partial charge on any atom is 0.223 e. The van der Waals surface area contributed by atoms with Gasteiger partial charge in [-0.1, -0.05) is 62.4 Å². The van der Waals surface area contributed by atoms with E-state index < -0.39 is 10.0 Å². The van der Waals surface area contributed by atoms with Gasteiger partial charge in [-0.2, -0.15) is 0 Å². The summed E-state index contributed by atoms with van der Waals surface area (Å²) in [4.78, 5) is 12.7. The van der Waals surface area contributed by atoms with Gasteiger partial charge in [-0.15, -0.1) is 0 Å². The highest BCUT2D eigenvalue weighted by Gasteiger charge is 2.31. The first kappa shape index (κ1) is 22.5. The molecule has 0 atom stereocenters. The van der Waals surface area contributed by atoms with Crippen LogP contribution in [0.3, 0.4) is 0 Å². The highest BCUT2D eigenvalue weighted by atomic mass is 32.2. The van der Waals surface area contributed by atoms with Crippen molar-refractivity contribution >= 4 is 15.9 Å². The number of nitrogens with zero attached hydrogens (tertiary/aromatic N) is 1. The van der Waals surface area contributed by atoms with Gasteiger partial charge in [0, 0.05) is 25.6 Å². The predicted molar refractivity (Wildman–Crippen MR) is 120 cm³/mol. The quantitative estimate of drug-likeness (QED) is 0.698. The van der Waals surface area contributed by atoms with E-state index in [4.69, 9.17) is 0 Å². The number of nitrogens with one attached hydrogen (secondary N) is 1. The molecule has 1 aliphatic rings. The Balaban J connectivity index is 1.53. The van der Waals surface area contributed by atoms with Crippen molar-refractivity contribution in [3.8, 4) is 0 Å². The van der Waals surface area contributed by atoms with Crippen LogP contribution in [0.1, 0.15) is 48.9 Å². The van der Waals surface area contributed by atoms with E-state index in [1.54, 1.807) is 0 Å². The zero-order chi connectivity index (χ0) is 21.6. The fourth-order valence-corrected chi connectivity index (χ4v) is 5.57. The maximum atomic E-state index is 12.7. The van der Waals surface area contributed by atoms with Crippen LogP contribution in [0.4, 0.5) is 0 Å². The summed E-state index contributed by atoms with van der Waals surface area (Å²) in [6.07, 6.45) is 3.04. The molecule has 0 radical (unpaired) electrons. The zero-order valence-corrected chi connectivity index (χ0v) is 18.7. The summed E-state index contributed by atoms with van der Waals surface area (Å²) in [5.74, 6) is -0.0928. The van der Waals surface area contributed by atoms with Gasteiger partial charge < -0.3 is 5.32 Å². The lowest BCUT2D eigenvalue weighted by Crippen LogP contribution is -2.43. The van der Waals surface area contributed by atoms with Crippen LogP contribution >= 0.6 is 0 Å². The molecular weight excluding hydrogens is 396 g/mol. The first-order valence-corrected chi connectivity index (χ1v) is 12.4. The number of amides is 1. The van der Waals surface area contributed by atoms with Crippen molar-refractivity contribution in [3.05, 3.63) is 70.8 Å². The van der Waals surface area contributed by atoms with E-state index in [0.29, 0.717) is 32.5 Å². The number of aryl methyl sites for hydroxylation is 2. The van der Waals surface area contributed by atoms with Crippen molar-refractivity contribution < 1.29 is 13.2 Å². The van der Waals surface area contributed by atoms with E-state index in [-0.39, 0.29) is 17.6 Å². The summed E-state index contributed by atoms with van der Waals surface area (Å²) in [7, 11) is -3.36. The number of carbonyl (C=O) groups excluding carboxylic acids is 1. The molecule has 0 aromatic heterocycles. The van der Waals surface area contributed by atoms with Gasteiger partial charge >= 0.3 is 0 Å². The third-order valence-corrected chi connectivity index (χ3v) is 7.77. The molecule has 0 bridgehead atoms. The Morgan fingerprint density at radius 3 is 2.30 bits per heavy atom. The van der Waals surface area contributed by atoms with Gasteiger partial charge in [0.15, 0.2) is 0 Å². The lowest BCUT2D eigenvalue weighted by molar-refractivity contribution is -0.126. The minimum atomic E-state index is -3.36. The molecule has 2 aromatic rings. The second-order valence-electron chi connectivity index (χ2n) is 7.94. The number of rotatable bonds is 8. The van der Waals surface area contributed by atoms with Gasteiger partial charge in [0.05, 0.1) is 5.75 Å². The highest BCUT2D eigenvalue weighted by Crippen LogP contribution is 2.22. The van der Waals surface area contributed by atoms with Gasteiger partial charge in [-0.05, 0) is 47.9 Å². The van der Waals surface area contributed by atoms with Crippen molar-refractivity contribution in [2.24, 2.45) is 5.92 Å². The average molecular weight is 429 g/mol. The molecule has 0 unspecified atom stereocenters. The second-order valence-corrected chi connectivity index (χ2v) is 9.91. The largest absolute Gasteiger partial charge is 0.352 e. The molecule has 1 aliphatic heterocycles. The van der Waals surface area contributed by atoms with Gasteiger partial charge in [-0.25, -0.2) is 12.7 Å². The molecule has 2 aromatic carbocycles. The van der Waals surface area contributed by atoms with Crippen LogP contribution in [0.15, 0.2) is 48.5 Å². The lowest BCUT2D eigenvalue weighted by atomic mass is 9.96. The van der Waals surface area contributed by atoms with Crippen LogP contribution in [-0.2, 0) is 40.0 Å². The molecule has 1 fully saturated rings. The van der Waals surface area contributed by atoms with Crippen molar-refractivity contribution in [2.45, 2.75) is 51.8 Å². The molecule has 1 saturated heterocycles. The van der Waals surface area contributed by atoms with Crippen LogP contribution in [0, 0.1) is 5.92 Å². The number of benzene rings is 2.